The molecule has 1 heterocycles. The van der Waals surface area contributed by atoms with E-state index in [9.17, 15) is 44.3 Å². The van der Waals surface area contributed by atoms with Gasteiger partial charge in [-0.3, -0.25) is 9.80 Å². The fraction of sp³-hybridized carbons (Fsp3) is 0.250. The minimum atomic E-state index is -5.48. The molecule has 1 aliphatic heterocycles. The molecule has 0 bridgehead atoms. The van der Waals surface area contributed by atoms with Crippen molar-refractivity contribution in [2.24, 2.45) is 5.84 Å². The molecule has 36 heavy (non-hydrogen) atoms. The Morgan fingerprint density at radius 2 is 1.36 bits per heavy atom. The average Bonchev–Trinajstić information content (AvgIpc) is 2.68. The minimum absolute atomic E-state index is 0.0197. The highest BCUT2D eigenvalue weighted by Crippen LogP contribution is 2.46. The van der Waals surface area contributed by atoms with Crippen LogP contribution in [0.25, 0.3) is 0 Å². The SMILES string of the molecule is NN1C(C(F)(F)F)=C(Cl)C(=O)N(Cc2cc(Cl)cc(Cl)c2)C1c1ccc(C(F)(F)F)cc1C(F)(F)F. The number of nitrogens with zero attached hydrogens (tertiary/aromatic N) is 2. The van der Waals surface area contributed by atoms with Crippen molar-refractivity contribution >= 4 is 40.7 Å². The van der Waals surface area contributed by atoms with Gasteiger partial charge in [-0.2, -0.15) is 39.5 Å². The fourth-order valence-corrected chi connectivity index (χ4v) is 4.46. The number of rotatable bonds is 3. The lowest BCUT2D eigenvalue weighted by Gasteiger charge is -2.44. The van der Waals surface area contributed by atoms with Crippen LogP contribution in [0, 0.1) is 0 Å². The summed E-state index contributed by atoms with van der Waals surface area (Å²) < 4.78 is 122. The fourth-order valence-electron chi connectivity index (χ4n) is 3.57. The maximum atomic E-state index is 13.8. The summed E-state index contributed by atoms with van der Waals surface area (Å²) in [6.45, 7) is -0.711. The van der Waals surface area contributed by atoms with Gasteiger partial charge in [0.25, 0.3) is 5.91 Å². The molecule has 0 saturated heterocycles. The first-order chi connectivity index (χ1) is 16.3. The Bertz CT molecular complexity index is 1210. The highest BCUT2D eigenvalue weighted by Gasteiger charge is 2.51. The van der Waals surface area contributed by atoms with Crippen molar-refractivity contribution in [1.29, 1.82) is 0 Å². The molecule has 1 aliphatic rings. The van der Waals surface area contributed by atoms with Gasteiger partial charge in [-0.15, -0.1) is 0 Å². The third kappa shape index (κ3) is 5.63. The molecule has 0 aliphatic carbocycles. The second-order valence-corrected chi connectivity index (χ2v) is 8.70. The molecule has 2 aromatic carbocycles. The second kappa shape index (κ2) is 9.51. The number of benzene rings is 2. The molecule has 196 valence electrons. The van der Waals surface area contributed by atoms with E-state index >= 15 is 0 Å². The number of allylic oxidation sites excluding steroid dienone is 1. The number of hydrogen-bond acceptors (Lipinski definition) is 3. The molecule has 3 rings (SSSR count). The van der Waals surface area contributed by atoms with Crippen molar-refractivity contribution in [1.82, 2.24) is 9.91 Å². The van der Waals surface area contributed by atoms with Crippen LogP contribution < -0.4 is 5.84 Å². The predicted octanol–water partition coefficient (Wildman–Crippen LogP) is 7.26. The van der Waals surface area contributed by atoms with Crippen molar-refractivity contribution in [2.75, 3.05) is 0 Å². The Kier molecular flexibility index (Phi) is 7.45. The van der Waals surface area contributed by atoms with Crippen molar-refractivity contribution in [3.8, 4) is 0 Å². The van der Waals surface area contributed by atoms with E-state index in [1.807, 2.05) is 0 Å². The van der Waals surface area contributed by atoms with Gasteiger partial charge < -0.3 is 4.90 Å². The van der Waals surface area contributed by atoms with Gasteiger partial charge in [-0.1, -0.05) is 40.9 Å². The Balaban J connectivity index is 2.30. The first-order valence-electron chi connectivity index (χ1n) is 9.37. The zero-order valence-corrected chi connectivity index (χ0v) is 19.4. The molecule has 4 nitrogen and oxygen atoms in total. The van der Waals surface area contributed by atoms with Gasteiger partial charge in [0.05, 0.1) is 11.1 Å². The average molecular weight is 587 g/mol. The Morgan fingerprint density at radius 3 is 1.83 bits per heavy atom. The van der Waals surface area contributed by atoms with Crippen molar-refractivity contribution < 1.29 is 44.3 Å². The Morgan fingerprint density at radius 1 is 0.806 bits per heavy atom. The maximum absolute atomic E-state index is 13.8. The molecule has 0 fully saturated rings. The highest BCUT2D eigenvalue weighted by molar-refractivity contribution is 6.42. The molecule has 0 aromatic heterocycles. The molecule has 2 N–H and O–H groups in total. The number of nitrogens with two attached hydrogens (primary N) is 1. The van der Waals surface area contributed by atoms with Crippen LogP contribution in [-0.2, 0) is 23.7 Å². The first-order valence-corrected chi connectivity index (χ1v) is 10.5. The predicted molar refractivity (Wildman–Crippen MR) is 111 cm³/mol. The van der Waals surface area contributed by atoms with Crippen molar-refractivity contribution in [3.63, 3.8) is 0 Å². The minimum Gasteiger partial charge on any atom is -0.308 e. The lowest BCUT2D eigenvalue weighted by molar-refractivity contribution is -0.155. The summed E-state index contributed by atoms with van der Waals surface area (Å²) in [6.07, 6.45) is -18.5. The lowest BCUT2D eigenvalue weighted by atomic mass is 9.97. The van der Waals surface area contributed by atoms with Crippen LogP contribution in [0.1, 0.15) is 28.4 Å². The molecule has 0 spiro atoms. The van der Waals surface area contributed by atoms with Crippen LogP contribution in [0.3, 0.4) is 0 Å². The smallest absolute Gasteiger partial charge is 0.308 e. The zero-order valence-electron chi connectivity index (χ0n) is 17.2. The van der Waals surface area contributed by atoms with E-state index in [0.29, 0.717) is 11.0 Å². The van der Waals surface area contributed by atoms with Crippen LogP contribution in [0.5, 0.6) is 0 Å². The number of carbonyl (C=O) groups is 1. The normalized spacial score (nSPS) is 17.8. The summed E-state index contributed by atoms with van der Waals surface area (Å²) in [5.74, 6) is 3.99. The largest absolute Gasteiger partial charge is 0.434 e. The van der Waals surface area contributed by atoms with Gasteiger partial charge >= 0.3 is 18.5 Å². The molecule has 16 heteroatoms. The van der Waals surface area contributed by atoms with E-state index in [0.717, 1.165) is 0 Å². The summed E-state index contributed by atoms with van der Waals surface area (Å²) in [4.78, 5) is 13.3. The molecule has 1 atom stereocenters. The topological polar surface area (TPSA) is 49.6 Å². The second-order valence-electron chi connectivity index (χ2n) is 7.45. The molecule has 1 amide bonds. The molecule has 2 aromatic rings. The van der Waals surface area contributed by atoms with Crippen LogP contribution in [0.4, 0.5) is 39.5 Å². The van der Waals surface area contributed by atoms with Crippen LogP contribution in [-0.4, -0.2) is 22.0 Å². The lowest BCUT2D eigenvalue weighted by Crippen LogP contribution is -2.54. The maximum Gasteiger partial charge on any atom is 0.434 e. The number of hydrazine groups is 1. The molecular weight excluding hydrogens is 576 g/mol. The number of carbonyl (C=O) groups excluding carboxylic acids is 1. The van der Waals surface area contributed by atoms with Crippen molar-refractivity contribution in [2.45, 2.75) is 31.2 Å². The number of amides is 1. The molecule has 0 radical (unpaired) electrons. The van der Waals surface area contributed by atoms with Crippen molar-refractivity contribution in [3.05, 3.63) is 79.4 Å². The number of alkyl halides is 9. The van der Waals surface area contributed by atoms with Gasteiger partial charge in [0.15, 0.2) is 5.70 Å². The van der Waals surface area contributed by atoms with E-state index in [2.05, 4.69) is 0 Å². The van der Waals surface area contributed by atoms with Gasteiger partial charge in [-0.05, 0) is 35.9 Å². The summed E-state index contributed by atoms with van der Waals surface area (Å²) in [7, 11) is 0. The van der Waals surface area contributed by atoms with E-state index in [1.165, 1.54) is 18.2 Å². The van der Waals surface area contributed by atoms with Crippen LogP contribution in [0.2, 0.25) is 10.0 Å². The zero-order chi connectivity index (χ0) is 27.4. The number of halogens is 12. The first kappa shape index (κ1) is 28.2. The summed E-state index contributed by atoms with van der Waals surface area (Å²) >= 11 is 17.4. The van der Waals surface area contributed by atoms with Gasteiger partial charge in [0.1, 0.15) is 11.2 Å². The number of hydrogen-bond donors (Lipinski definition) is 1. The van der Waals surface area contributed by atoms with Crippen LogP contribution in [0.15, 0.2) is 47.1 Å². The Labute approximate surface area is 211 Å². The third-order valence-corrected chi connectivity index (χ3v) is 5.76. The van der Waals surface area contributed by atoms with Gasteiger partial charge in [0, 0.05) is 22.2 Å². The Hall–Kier alpha value is -2.35. The monoisotopic (exact) mass is 585 g/mol. The van der Waals surface area contributed by atoms with E-state index in [-0.39, 0.29) is 32.8 Å². The van der Waals surface area contributed by atoms with E-state index in [1.54, 1.807) is 0 Å². The third-order valence-electron chi connectivity index (χ3n) is 4.98. The van der Waals surface area contributed by atoms with Gasteiger partial charge in [0.2, 0.25) is 0 Å². The molecular formula is C20H11Cl3F9N3O. The summed E-state index contributed by atoms with van der Waals surface area (Å²) in [5.41, 5.74) is -6.76. The molecule has 1 unspecified atom stereocenters. The quantitative estimate of drug-likeness (QED) is 0.304. The van der Waals surface area contributed by atoms with Gasteiger partial charge in [-0.25, -0.2) is 5.84 Å². The van der Waals surface area contributed by atoms with E-state index in [4.69, 9.17) is 40.6 Å². The molecule has 0 saturated carbocycles. The van der Waals surface area contributed by atoms with E-state index < -0.39 is 64.6 Å². The van der Waals surface area contributed by atoms with Crippen LogP contribution >= 0.6 is 34.8 Å². The standard InChI is InChI=1S/C20H11Cl3F9N3O/c21-10-3-8(4-11(22)6-10)7-34-16(35(33)15(20(30,31)32)14(23)17(34)36)12-2-1-9(18(24,25)26)5-13(12)19(27,28)29/h1-6,16H,7,33H2. The summed E-state index contributed by atoms with van der Waals surface area (Å²) in [6, 6.07) is 3.94. The summed E-state index contributed by atoms with van der Waals surface area (Å²) in [5, 5.41) is -1.67. The highest BCUT2D eigenvalue weighted by atomic mass is 35.5.